The number of fused-ring (bicyclic) bond motifs is 1. The Bertz CT molecular complexity index is 1070. The van der Waals surface area contributed by atoms with E-state index in [1.54, 1.807) is 6.07 Å². The third kappa shape index (κ3) is 4.40. The van der Waals surface area contributed by atoms with Crippen LogP contribution in [0.3, 0.4) is 0 Å². The number of carbonyl (C=O) groups is 3. The zero-order valence-corrected chi connectivity index (χ0v) is 16.9. The maximum Gasteiger partial charge on any atom is 0.325 e. The van der Waals surface area contributed by atoms with Crippen molar-refractivity contribution >= 4 is 50.7 Å². The molecule has 3 aromatic rings. The van der Waals surface area contributed by atoms with Gasteiger partial charge in [0.05, 0.1) is 5.02 Å². The Kier molecular flexibility index (Phi) is 6.11. The van der Waals surface area contributed by atoms with E-state index in [0.29, 0.717) is 15.5 Å². The van der Waals surface area contributed by atoms with E-state index in [-0.39, 0.29) is 18.9 Å². The van der Waals surface area contributed by atoms with Gasteiger partial charge in [-0.25, -0.2) is 0 Å². The number of amides is 1. The molecule has 0 radical (unpaired) electrons. The van der Waals surface area contributed by atoms with Crippen molar-refractivity contribution in [1.29, 1.82) is 0 Å². The summed E-state index contributed by atoms with van der Waals surface area (Å²) >= 11 is 7.50. The minimum Gasteiger partial charge on any atom is -0.456 e. The summed E-state index contributed by atoms with van der Waals surface area (Å²) in [7, 11) is 0. The molecule has 1 aromatic heterocycles. The molecule has 0 aliphatic heterocycles. The first kappa shape index (κ1) is 20.0. The van der Waals surface area contributed by atoms with Gasteiger partial charge >= 0.3 is 5.97 Å². The van der Waals surface area contributed by atoms with Crippen LogP contribution in [0, 0.1) is 13.8 Å². The van der Waals surface area contributed by atoms with E-state index >= 15 is 0 Å². The standard InChI is InChI=1S/C21H18ClNO4S/c1-12-7-8-14(13(2)9-12)16(24)11-27-18(25)10-23-21(26)20-19(22)15-5-3-4-6-17(15)28-20/h3-9H,10-11H2,1-2H3,(H,23,26). The first-order chi connectivity index (χ1) is 13.4. The number of nitrogens with one attached hydrogen (secondary N) is 1. The zero-order chi connectivity index (χ0) is 20.3. The maximum atomic E-state index is 12.3. The Balaban J connectivity index is 1.54. The lowest BCUT2D eigenvalue weighted by molar-refractivity contribution is -0.141. The van der Waals surface area contributed by atoms with Crippen LogP contribution in [0.15, 0.2) is 42.5 Å². The highest BCUT2D eigenvalue weighted by Crippen LogP contribution is 2.34. The first-order valence-electron chi connectivity index (χ1n) is 8.58. The van der Waals surface area contributed by atoms with Gasteiger partial charge in [-0.1, -0.05) is 53.6 Å². The topological polar surface area (TPSA) is 72.5 Å². The van der Waals surface area contributed by atoms with Crippen molar-refractivity contribution in [2.45, 2.75) is 13.8 Å². The number of Topliss-reactive ketones (excluding diaryl/α,β-unsaturated/α-hetero) is 1. The summed E-state index contributed by atoms with van der Waals surface area (Å²) in [5.41, 5.74) is 2.39. The van der Waals surface area contributed by atoms with Gasteiger partial charge in [0.1, 0.15) is 11.4 Å². The molecule has 1 heterocycles. The first-order valence-corrected chi connectivity index (χ1v) is 9.77. The summed E-state index contributed by atoms with van der Waals surface area (Å²) in [6, 6.07) is 12.8. The Morgan fingerprint density at radius 2 is 1.86 bits per heavy atom. The normalized spacial score (nSPS) is 10.7. The molecule has 0 fully saturated rings. The summed E-state index contributed by atoms with van der Waals surface area (Å²) in [6.07, 6.45) is 0. The molecule has 0 saturated carbocycles. The van der Waals surface area contributed by atoms with Crippen molar-refractivity contribution < 1.29 is 19.1 Å². The molecule has 5 nitrogen and oxygen atoms in total. The summed E-state index contributed by atoms with van der Waals surface area (Å²) in [5, 5.41) is 3.63. The number of esters is 1. The van der Waals surface area contributed by atoms with Gasteiger partial charge in [-0.05, 0) is 25.5 Å². The average molecular weight is 416 g/mol. The fraction of sp³-hybridized carbons (Fsp3) is 0.190. The van der Waals surface area contributed by atoms with Crippen molar-refractivity contribution in [3.63, 3.8) is 0 Å². The van der Waals surface area contributed by atoms with Gasteiger partial charge in [-0.2, -0.15) is 0 Å². The van der Waals surface area contributed by atoms with Gasteiger partial charge in [0, 0.05) is 15.6 Å². The minimum atomic E-state index is -0.691. The molecule has 0 atom stereocenters. The fourth-order valence-corrected chi connectivity index (χ4v) is 4.23. The second-order valence-corrected chi connectivity index (χ2v) is 7.76. The molecule has 7 heteroatoms. The molecule has 144 valence electrons. The van der Waals surface area contributed by atoms with E-state index in [9.17, 15) is 14.4 Å². The van der Waals surface area contributed by atoms with Crippen molar-refractivity contribution in [2.24, 2.45) is 0 Å². The monoisotopic (exact) mass is 415 g/mol. The number of ketones is 1. The molecule has 28 heavy (non-hydrogen) atoms. The van der Waals surface area contributed by atoms with Gasteiger partial charge in [-0.3, -0.25) is 14.4 Å². The number of aryl methyl sites for hydroxylation is 2. The van der Waals surface area contributed by atoms with Crippen LogP contribution in [0.4, 0.5) is 0 Å². The van der Waals surface area contributed by atoms with E-state index < -0.39 is 11.9 Å². The number of halogens is 1. The Morgan fingerprint density at radius 3 is 2.57 bits per heavy atom. The minimum absolute atomic E-state index is 0.287. The molecule has 0 spiro atoms. The molecule has 3 rings (SSSR count). The summed E-state index contributed by atoms with van der Waals surface area (Å²) in [4.78, 5) is 36.7. The van der Waals surface area contributed by atoms with Crippen LogP contribution >= 0.6 is 22.9 Å². The summed E-state index contributed by atoms with van der Waals surface area (Å²) in [6.45, 7) is 3.05. The molecule has 0 aliphatic carbocycles. The van der Waals surface area contributed by atoms with E-state index in [4.69, 9.17) is 16.3 Å². The second kappa shape index (κ2) is 8.54. The Morgan fingerprint density at radius 1 is 1.11 bits per heavy atom. The maximum absolute atomic E-state index is 12.3. The predicted octanol–water partition coefficient (Wildman–Crippen LogP) is 4.33. The largest absolute Gasteiger partial charge is 0.456 e. The van der Waals surface area contributed by atoms with E-state index in [1.807, 2.05) is 50.2 Å². The smallest absolute Gasteiger partial charge is 0.325 e. The van der Waals surface area contributed by atoms with Crippen LogP contribution in [0.25, 0.3) is 10.1 Å². The molecule has 0 bridgehead atoms. The molecular formula is C21H18ClNO4S. The molecule has 0 aliphatic rings. The van der Waals surface area contributed by atoms with Gasteiger partial charge < -0.3 is 10.1 Å². The summed E-state index contributed by atoms with van der Waals surface area (Å²) < 4.78 is 5.87. The quantitative estimate of drug-likeness (QED) is 0.480. The van der Waals surface area contributed by atoms with E-state index in [2.05, 4.69) is 5.32 Å². The third-order valence-electron chi connectivity index (χ3n) is 4.18. The molecule has 2 aromatic carbocycles. The Hall–Kier alpha value is -2.70. The lowest BCUT2D eigenvalue weighted by atomic mass is 10.0. The molecule has 1 amide bonds. The lowest BCUT2D eigenvalue weighted by Crippen LogP contribution is -2.31. The lowest BCUT2D eigenvalue weighted by Gasteiger charge is -2.08. The number of benzene rings is 2. The summed E-state index contributed by atoms with van der Waals surface area (Å²) in [5.74, 6) is -1.43. The van der Waals surface area contributed by atoms with Gasteiger partial charge in [0.2, 0.25) is 5.78 Å². The van der Waals surface area contributed by atoms with Crippen LogP contribution in [0.1, 0.15) is 31.2 Å². The van der Waals surface area contributed by atoms with Crippen molar-refractivity contribution in [1.82, 2.24) is 5.32 Å². The van der Waals surface area contributed by atoms with E-state index in [0.717, 1.165) is 21.2 Å². The van der Waals surface area contributed by atoms with Crippen LogP contribution in [0.2, 0.25) is 5.02 Å². The van der Waals surface area contributed by atoms with Crippen molar-refractivity contribution in [3.8, 4) is 0 Å². The van der Waals surface area contributed by atoms with Crippen LogP contribution in [-0.4, -0.2) is 30.8 Å². The third-order valence-corrected chi connectivity index (χ3v) is 5.86. The number of ether oxygens (including phenoxy) is 1. The van der Waals surface area contributed by atoms with Crippen molar-refractivity contribution in [2.75, 3.05) is 13.2 Å². The number of hydrogen-bond acceptors (Lipinski definition) is 5. The van der Waals surface area contributed by atoms with Crippen molar-refractivity contribution in [3.05, 3.63) is 69.1 Å². The molecule has 0 saturated heterocycles. The number of thiophene rings is 1. The highest BCUT2D eigenvalue weighted by atomic mass is 35.5. The highest BCUT2D eigenvalue weighted by Gasteiger charge is 2.18. The number of rotatable bonds is 6. The SMILES string of the molecule is Cc1ccc(C(=O)COC(=O)CNC(=O)c2sc3ccccc3c2Cl)c(C)c1. The predicted molar refractivity (Wildman–Crippen MR) is 110 cm³/mol. The Labute approximate surface area is 171 Å². The van der Waals surface area contributed by atoms with Gasteiger partial charge in [0.25, 0.3) is 5.91 Å². The molecular weight excluding hydrogens is 398 g/mol. The second-order valence-electron chi connectivity index (χ2n) is 6.33. The van der Waals surface area contributed by atoms with E-state index in [1.165, 1.54) is 11.3 Å². The number of carbonyl (C=O) groups excluding carboxylic acids is 3. The van der Waals surface area contributed by atoms with Crippen LogP contribution < -0.4 is 5.32 Å². The number of hydrogen-bond donors (Lipinski definition) is 1. The van der Waals surface area contributed by atoms with Gasteiger partial charge in [0.15, 0.2) is 6.61 Å². The fourth-order valence-electron chi connectivity index (χ4n) is 2.79. The van der Waals surface area contributed by atoms with Gasteiger partial charge in [-0.15, -0.1) is 11.3 Å². The molecule has 1 N–H and O–H groups in total. The zero-order valence-electron chi connectivity index (χ0n) is 15.4. The van der Waals surface area contributed by atoms with Crippen LogP contribution in [-0.2, 0) is 9.53 Å². The molecule has 0 unspecified atom stereocenters. The van der Waals surface area contributed by atoms with Crippen LogP contribution in [0.5, 0.6) is 0 Å². The highest BCUT2D eigenvalue weighted by molar-refractivity contribution is 7.21. The average Bonchev–Trinajstić information content (AvgIpc) is 3.01.